The standard InChI is InChI=1S/C19H33N5O2/c1-5-20-19(22-12-16(4)24-8-10-25-11-9-24)23-14-17-6-7-18(21-13-17)26-15(2)3/h6-7,13,15-16H,5,8-12,14H2,1-4H3,(H2,20,22,23). The molecular formula is C19H33N5O2. The second-order valence-corrected chi connectivity index (χ2v) is 6.74. The molecule has 2 rings (SSSR count). The molecule has 7 nitrogen and oxygen atoms in total. The topological polar surface area (TPSA) is 71.0 Å². The van der Waals surface area contributed by atoms with Crippen LogP contribution in [0.3, 0.4) is 0 Å². The number of ether oxygens (including phenoxy) is 2. The number of pyridine rings is 1. The van der Waals surface area contributed by atoms with E-state index in [1.54, 1.807) is 0 Å². The van der Waals surface area contributed by atoms with E-state index in [9.17, 15) is 0 Å². The lowest BCUT2D eigenvalue weighted by Gasteiger charge is -2.32. The highest BCUT2D eigenvalue weighted by Crippen LogP contribution is 2.10. The highest BCUT2D eigenvalue weighted by atomic mass is 16.5. The zero-order valence-electron chi connectivity index (χ0n) is 16.5. The van der Waals surface area contributed by atoms with E-state index in [4.69, 9.17) is 9.47 Å². The molecule has 2 N–H and O–H groups in total. The normalized spacial score (nSPS) is 17.2. The van der Waals surface area contributed by atoms with Crippen LogP contribution in [0.15, 0.2) is 23.3 Å². The van der Waals surface area contributed by atoms with Crippen molar-refractivity contribution in [1.82, 2.24) is 20.5 Å². The third-order valence-electron chi connectivity index (χ3n) is 4.15. The molecule has 0 aliphatic carbocycles. The summed E-state index contributed by atoms with van der Waals surface area (Å²) < 4.78 is 11.0. The molecular weight excluding hydrogens is 330 g/mol. The lowest BCUT2D eigenvalue weighted by Crippen LogP contribution is -2.49. The predicted octanol–water partition coefficient (Wildman–Crippen LogP) is 1.64. The second kappa shape index (κ2) is 11.0. The van der Waals surface area contributed by atoms with Gasteiger partial charge < -0.3 is 20.1 Å². The molecule has 0 aromatic carbocycles. The highest BCUT2D eigenvalue weighted by Gasteiger charge is 2.16. The van der Waals surface area contributed by atoms with Gasteiger partial charge in [0.15, 0.2) is 5.96 Å². The van der Waals surface area contributed by atoms with Crippen LogP contribution >= 0.6 is 0 Å². The van der Waals surface area contributed by atoms with E-state index in [0.29, 0.717) is 18.5 Å². The molecule has 0 spiro atoms. The summed E-state index contributed by atoms with van der Waals surface area (Å²) >= 11 is 0. The molecule has 2 heterocycles. The molecule has 1 aromatic rings. The van der Waals surface area contributed by atoms with Crippen LogP contribution in [0, 0.1) is 0 Å². The van der Waals surface area contributed by atoms with Crippen molar-refractivity contribution in [3.63, 3.8) is 0 Å². The summed E-state index contributed by atoms with van der Waals surface area (Å²) in [6.07, 6.45) is 1.95. The quantitative estimate of drug-likeness (QED) is 0.541. The summed E-state index contributed by atoms with van der Waals surface area (Å²) in [6.45, 7) is 14.2. The fourth-order valence-corrected chi connectivity index (χ4v) is 2.72. The lowest BCUT2D eigenvalue weighted by molar-refractivity contribution is 0.0211. The largest absolute Gasteiger partial charge is 0.475 e. The summed E-state index contributed by atoms with van der Waals surface area (Å²) in [7, 11) is 0. The molecule has 1 unspecified atom stereocenters. The Morgan fingerprint density at radius 3 is 2.65 bits per heavy atom. The summed E-state index contributed by atoms with van der Waals surface area (Å²) in [5, 5.41) is 6.74. The van der Waals surface area contributed by atoms with Crippen LogP contribution in [0.1, 0.15) is 33.3 Å². The molecule has 0 amide bonds. The van der Waals surface area contributed by atoms with Crippen molar-refractivity contribution in [3.8, 4) is 5.88 Å². The Bertz CT molecular complexity index is 541. The van der Waals surface area contributed by atoms with Gasteiger partial charge in [-0.2, -0.15) is 0 Å². The molecule has 7 heteroatoms. The summed E-state index contributed by atoms with van der Waals surface area (Å²) in [5.74, 6) is 1.48. The molecule has 0 bridgehead atoms. The number of aromatic nitrogens is 1. The maximum atomic E-state index is 5.57. The van der Waals surface area contributed by atoms with Gasteiger partial charge in [0.25, 0.3) is 0 Å². The van der Waals surface area contributed by atoms with Gasteiger partial charge in [-0.05, 0) is 33.3 Å². The van der Waals surface area contributed by atoms with Gasteiger partial charge in [0, 0.05) is 44.5 Å². The number of hydrogen-bond donors (Lipinski definition) is 2. The Morgan fingerprint density at radius 1 is 1.27 bits per heavy atom. The number of nitrogens with zero attached hydrogens (tertiary/aromatic N) is 3. The minimum atomic E-state index is 0.129. The Balaban J connectivity index is 1.85. The monoisotopic (exact) mass is 363 g/mol. The van der Waals surface area contributed by atoms with Crippen LogP contribution in [0.5, 0.6) is 5.88 Å². The number of rotatable bonds is 8. The van der Waals surface area contributed by atoms with Crippen molar-refractivity contribution in [1.29, 1.82) is 0 Å². The number of aliphatic imine (C=N–C) groups is 1. The van der Waals surface area contributed by atoms with E-state index >= 15 is 0 Å². The maximum Gasteiger partial charge on any atom is 0.213 e. The van der Waals surface area contributed by atoms with Gasteiger partial charge in [0.2, 0.25) is 5.88 Å². The predicted molar refractivity (Wildman–Crippen MR) is 105 cm³/mol. The number of morpholine rings is 1. The fraction of sp³-hybridized carbons (Fsp3) is 0.684. The van der Waals surface area contributed by atoms with Crippen molar-refractivity contribution in [2.24, 2.45) is 4.99 Å². The zero-order valence-corrected chi connectivity index (χ0v) is 16.5. The van der Waals surface area contributed by atoms with Crippen molar-refractivity contribution >= 4 is 5.96 Å². The first kappa shape index (κ1) is 20.5. The van der Waals surface area contributed by atoms with E-state index in [2.05, 4.69) is 39.4 Å². The molecule has 1 aromatic heterocycles. The van der Waals surface area contributed by atoms with Gasteiger partial charge in [-0.15, -0.1) is 0 Å². The van der Waals surface area contributed by atoms with Gasteiger partial charge in [0.05, 0.1) is 25.9 Å². The first-order valence-corrected chi connectivity index (χ1v) is 9.54. The number of guanidine groups is 1. The molecule has 26 heavy (non-hydrogen) atoms. The molecule has 1 saturated heterocycles. The highest BCUT2D eigenvalue weighted by molar-refractivity contribution is 5.79. The first-order chi connectivity index (χ1) is 12.6. The lowest BCUT2D eigenvalue weighted by atomic mass is 10.2. The molecule has 0 saturated carbocycles. The van der Waals surface area contributed by atoms with Gasteiger partial charge in [-0.25, -0.2) is 9.98 Å². The summed E-state index contributed by atoms with van der Waals surface area (Å²) in [4.78, 5) is 11.4. The number of hydrogen-bond acceptors (Lipinski definition) is 5. The smallest absolute Gasteiger partial charge is 0.213 e. The Morgan fingerprint density at radius 2 is 2.04 bits per heavy atom. The van der Waals surface area contributed by atoms with Crippen LogP contribution in [0.25, 0.3) is 0 Å². The average molecular weight is 364 g/mol. The van der Waals surface area contributed by atoms with Crippen molar-refractivity contribution in [3.05, 3.63) is 23.9 Å². The zero-order chi connectivity index (χ0) is 18.8. The van der Waals surface area contributed by atoms with Crippen molar-refractivity contribution in [2.75, 3.05) is 39.4 Å². The van der Waals surface area contributed by atoms with E-state index in [1.165, 1.54) is 0 Å². The van der Waals surface area contributed by atoms with E-state index in [0.717, 1.165) is 50.9 Å². The van der Waals surface area contributed by atoms with Crippen molar-refractivity contribution in [2.45, 2.75) is 46.4 Å². The average Bonchev–Trinajstić information content (AvgIpc) is 2.65. The van der Waals surface area contributed by atoms with Gasteiger partial charge in [-0.3, -0.25) is 4.90 Å². The maximum absolute atomic E-state index is 5.57. The third-order valence-corrected chi connectivity index (χ3v) is 4.15. The van der Waals surface area contributed by atoms with Gasteiger partial charge in [-0.1, -0.05) is 6.07 Å². The van der Waals surface area contributed by atoms with Crippen LogP contribution in [-0.2, 0) is 11.3 Å². The molecule has 146 valence electrons. The van der Waals surface area contributed by atoms with Gasteiger partial charge >= 0.3 is 0 Å². The minimum Gasteiger partial charge on any atom is -0.475 e. The Kier molecular flexibility index (Phi) is 8.64. The second-order valence-electron chi connectivity index (χ2n) is 6.74. The van der Waals surface area contributed by atoms with Crippen LogP contribution < -0.4 is 15.4 Å². The Hall–Kier alpha value is -1.86. The third kappa shape index (κ3) is 7.17. The summed E-state index contributed by atoms with van der Waals surface area (Å²) in [6, 6.07) is 4.34. The van der Waals surface area contributed by atoms with Crippen LogP contribution in [0.4, 0.5) is 0 Å². The van der Waals surface area contributed by atoms with E-state index in [-0.39, 0.29) is 6.10 Å². The van der Waals surface area contributed by atoms with E-state index < -0.39 is 0 Å². The molecule has 1 fully saturated rings. The fourth-order valence-electron chi connectivity index (χ4n) is 2.72. The minimum absolute atomic E-state index is 0.129. The molecule has 1 aliphatic rings. The molecule has 1 aliphatic heterocycles. The summed E-state index contributed by atoms with van der Waals surface area (Å²) in [5.41, 5.74) is 1.06. The van der Waals surface area contributed by atoms with E-state index in [1.807, 2.05) is 32.2 Å². The molecule has 0 radical (unpaired) electrons. The van der Waals surface area contributed by atoms with Gasteiger partial charge in [0.1, 0.15) is 0 Å². The SMILES string of the molecule is CCNC(=NCc1ccc(OC(C)C)nc1)NCC(C)N1CCOCC1. The first-order valence-electron chi connectivity index (χ1n) is 9.54. The van der Waals surface area contributed by atoms with Crippen molar-refractivity contribution < 1.29 is 9.47 Å². The number of nitrogens with one attached hydrogen (secondary N) is 2. The van der Waals surface area contributed by atoms with Crippen LogP contribution in [-0.4, -0.2) is 67.4 Å². The van der Waals surface area contributed by atoms with Crippen LogP contribution in [0.2, 0.25) is 0 Å². The molecule has 1 atom stereocenters. The Labute approximate surface area is 157 Å².